The highest BCUT2D eigenvalue weighted by molar-refractivity contribution is 6.05. The van der Waals surface area contributed by atoms with E-state index < -0.39 is 23.4 Å². The van der Waals surface area contributed by atoms with E-state index in [2.05, 4.69) is 17.6 Å². The lowest BCUT2D eigenvalue weighted by Gasteiger charge is -2.16. The van der Waals surface area contributed by atoms with Gasteiger partial charge < -0.3 is 19.9 Å². The fourth-order valence-corrected chi connectivity index (χ4v) is 3.30. The number of aromatic nitrogens is 1. The molecule has 3 rings (SSSR count). The van der Waals surface area contributed by atoms with E-state index in [-0.39, 0.29) is 11.4 Å². The van der Waals surface area contributed by atoms with Crippen LogP contribution in [0.5, 0.6) is 5.75 Å². The summed E-state index contributed by atoms with van der Waals surface area (Å²) in [5.74, 6) is -3.68. The Labute approximate surface area is 155 Å². The van der Waals surface area contributed by atoms with Gasteiger partial charge in [0.15, 0.2) is 23.2 Å². The Morgan fingerprint density at radius 3 is 2.56 bits per heavy atom. The second-order valence-electron chi connectivity index (χ2n) is 7.02. The molecule has 1 aromatic carbocycles. The Hall–Kier alpha value is -2.48. The molecule has 0 aliphatic carbocycles. The number of anilines is 1. The Kier molecular flexibility index (Phi) is 5.46. The van der Waals surface area contributed by atoms with Crippen LogP contribution in [-0.2, 0) is 7.05 Å². The van der Waals surface area contributed by atoms with E-state index in [1.54, 1.807) is 17.8 Å². The third kappa shape index (κ3) is 3.95. The number of carbonyl (C=O) groups excluding carboxylic acids is 1. The molecule has 1 aliphatic rings. The lowest BCUT2D eigenvalue weighted by atomic mass is 9.99. The van der Waals surface area contributed by atoms with Crippen molar-refractivity contribution in [2.75, 3.05) is 25.0 Å². The summed E-state index contributed by atoms with van der Waals surface area (Å²) in [7, 11) is 1.68. The molecule has 1 aliphatic heterocycles. The molecule has 2 unspecified atom stereocenters. The largest absolute Gasteiger partial charge is 0.490 e. The summed E-state index contributed by atoms with van der Waals surface area (Å²) in [5.41, 5.74) is 0.837. The van der Waals surface area contributed by atoms with Gasteiger partial charge in [-0.05, 0) is 19.4 Å². The van der Waals surface area contributed by atoms with Gasteiger partial charge in [0.25, 0.3) is 5.91 Å². The van der Waals surface area contributed by atoms with Crippen molar-refractivity contribution in [3.63, 3.8) is 0 Å². The van der Waals surface area contributed by atoms with Crippen molar-refractivity contribution >= 4 is 11.6 Å². The van der Waals surface area contributed by atoms with Crippen LogP contribution in [0.15, 0.2) is 18.3 Å². The fraction of sp³-hybridized carbons (Fsp3) is 0.421. The van der Waals surface area contributed by atoms with Crippen molar-refractivity contribution < 1.29 is 22.7 Å². The Morgan fingerprint density at radius 1 is 1.30 bits per heavy atom. The van der Waals surface area contributed by atoms with E-state index in [0.29, 0.717) is 24.2 Å². The summed E-state index contributed by atoms with van der Waals surface area (Å²) in [4.78, 5) is 12.7. The highest BCUT2D eigenvalue weighted by atomic mass is 19.2. The van der Waals surface area contributed by atoms with Gasteiger partial charge in [0, 0.05) is 49.1 Å². The van der Waals surface area contributed by atoms with Crippen molar-refractivity contribution in [3.05, 3.63) is 47.0 Å². The lowest BCUT2D eigenvalue weighted by molar-refractivity contribution is 0.101. The highest BCUT2D eigenvalue weighted by Gasteiger charge is 2.26. The normalized spacial score (nSPS) is 19.3. The SMILES string of the molecule is Cc1cn(C)c(C(=O)Nc2cc(F)c(F)c(F)c2)c1OCC1CNCC1C. The molecule has 0 spiro atoms. The summed E-state index contributed by atoms with van der Waals surface area (Å²) in [5, 5.41) is 5.70. The average Bonchev–Trinajstić information content (AvgIpc) is 3.12. The van der Waals surface area contributed by atoms with Crippen molar-refractivity contribution in [2.24, 2.45) is 18.9 Å². The number of nitrogens with zero attached hydrogens (tertiary/aromatic N) is 1. The zero-order valence-corrected chi connectivity index (χ0v) is 15.4. The molecule has 1 amide bonds. The zero-order valence-electron chi connectivity index (χ0n) is 15.4. The third-order valence-corrected chi connectivity index (χ3v) is 4.89. The first-order valence-corrected chi connectivity index (χ1v) is 8.73. The van der Waals surface area contributed by atoms with E-state index in [0.717, 1.165) is 30.8 Å². The van der Waals surface area contributed by atoms with Crippen LogP contribution in [-0.4, -0.2) is 30.2 Å². The van der Waals surface area contributed by atoms with Crippen LogP contribution < -0.4 is 15.4 Å². The van der Waals surface area contributed by atoms with Crippen LogP contribution in [0.25, 0.3) is 0 Å². The van der Waals surface area contributed by atoms with Crippen molar-refractivity contribution in [1.82, 2.24) is 9.88 Å². The fourth-order valence-electron chi connectivity index (χ4n) is 3.30. The lowest BCUT2D eigenvalue weighted by Crippen LogP contribution is -2.21. The van der Waals surface area contributed by atoms with Crippen LogP contribution >= 0.6 is 0 Å². The molecule has 27 heavy (non-hydrogen) atoms. The number of ether oxygens (including phenoxy) is 1. The van der Waals surface area contributed by atoms with Gasteiger partial charge in [0.2, 0.25) is 0 Å². The molecule has 2 atom stereocenters. The standard InChI is InChI=1S/C19H22F3N3O2/c1-10-6-23-7-12(10)9-27-18-11(2)8-25(3)17(18)19(26)24-13-4-14(20)16(22)15(21)5-13/h4-5,8,10,12,23H,6-7,9H2,1-3H3,(H,24,26). The number of aryl methyl sites for hydroxylation is 2. The Balaban J connectivity index is 1.80. The van der Waals surface area contributed by atoms with E-state index in [1.807, 2.05) is 6.92 Å². The predicted octanol–water partition coefficient (Wildman–Crippen LogP) is 3.24. The summed E-state index contributed by atoms with van der Waals surface area (Å²) >= 11 is 0. The number of nitrogens with one attached hydrogen (secondary N) is 2. The summed E-state index contributed by atoms with van der Waals surface area (Å²) in [6.07, 6.45) is 1.74. The number of rotatable bonds is 5. The number of amides is 1. The maximum absolute atomic E-state index is 13.4. The van der Waals surface area contributed by atoms with Gasteiger partial charge in [0.1, 0.15) is 5.69 Å². The van der Waals surface area contributed by atoms with E-state index in [9.17, 15) is 18.0 Å². The van der Waals surface area contributed by atoms with Crippen LogP contribution in [0.2, 0.25) is 0 Å². The van der Waals surface area contributed by atoms with Gasteiger partial charge in [0.05, 0.1) is 6.61 Å². The molecule has 0 bridgehead atoms. The van der Waals surface area contributed by atoms with Gasteiger partial charge >= 0.3 is 0 Å². The van der Waals surface area contributed by atoms with Gasteiger partial charge in [-0.15, -0.1) is 0 Å². The molecule has 8 heteroatoms. The topological polar surface area (TPSA) is 55.3 Å². The monoisotopic (exact) mass is 381 g/mol. The van der Waals surface area contributed by atoms with Crippen molar-refractivity contribution in [1.29, 1.82) is 0 Å². The summed E-state index contributed by atoms with van der Waals surface area (Å²) < 4.78 is 47.4. The summed E-state index contributed by atoms with van der Waals surface area (Å²) in [6, 6.07) is 1.47. The molecule has 0 radical (unpaired) electrons. The Morgan fingerprint density at radius 2 is 1.96 bits per heavy atom. The number of hydrogen-bond donors (Lipinski definition) is 2. The molecule has 1 aromatic heterocycles. The van der Waals surface area contributed by atoms with Gasteiger partial charge in [-0.25, -0.2) is 13.2 Å². The molecule has 2 aromatic rings. The molecule has 2 N–H and O–H groups in total. The maximum atomic E-state index is 13.4. The minimum atomic E-state index is -1.58. The Bertz CT molecular complexity index is 843. The van der Waals surface area contributed by atoms with Crippen LogP contribution in [0.1, 0.15) is 23.0 Å². The first-order valence-electron chi connectivity index (χ1n) is 8.73. The predicted molar refractivity (Wildman–Crippen MR) is 95.4 cm³/mol. The number of halogens is 3. The summed E-state index contributed by atoms with van der Waals surface area (Å²) in [6.45, 7) is 6.19. The van der Waals surface area contributed by atoms with Crippen molar-refractivity contribution in [3.8, 4) is 5.75 Å². The van der Waals surface area contributed by atoms with Gasteiger partial charge in [-0.1, -0.05) is 6.92 Å². The minimum absolute atomic E-state index is 0.171. The van der Waals surface area contributed by atoms with E-state index >= 15 is 0 Å². The van der Waals surface area contributed by atoms with Crippen LogP contribution in [0, 0.1) is 36.2 Å². The highest BCUT2D eigenvalue weighted by Crippen LogP contribution is 2.28. The third-order valence-electron chi connectivity index (χ3n) is 4.89. The molecule has 1 saturated heterocycles. The molecular weight excluding hydrogens is 359 g/mol. The maximum Gasteiger partial charge on any atom is 0.276 e. The molecular formula is C19H22F3N3O2. The molecule has 1 fully saturated rings. The van der Waals surface area contributed by atoms with Gasteiger partial charge in [-0.2, -0.15) is 0 Å². The molecule has 2 heterocycles. The number of carbonyl (C=O) groups is 1. The average molecular weight is 381 g/mol. The minimum Gasteiger partial charge on any atom is -0.490 e. The number of hydrogen-bond acceptors (Lipinski definition) is 3. The first kappa shape index (κ1) is 19.3. The van der Waals surface area contributed by atoms with Crippen molar-refractivity contribution in [2.45, 2.75) is 13.8 Å². The second-order valence-corrected chi connectivity index (χ2v) is 7.02. The van der Waals surface area contributed by atoms with Crippen LogP contribution in [0.3, 0.4) is 0 Å². The first-order chi connectivity index (χ1) is 12.8. The second kappa shape index (κ2) is 7.64. The quantitative estimate of drug-likeness (QED) is 0.782. The van der Waals surface area contributed by atoms with Crippen LogP contribution in [0.4, 0.5) is 18.9 Å². The smallest absolute Gasteiger partial charge is 0.276 e. The molecule has 0 saturated carbocycles. The molecule has 146 valence electrons. The molecule has 5 nitrogen and oxygen atoms in total. The van der Waals surface area contributed by atoms with E-state index in [1.165, 1.54) is 0 Å². The van der Waals surface area contributed by atoms with E-state index in [4.69, 9.17) is 4.74 Å². The van der Waals surface area contributed by atoms with Gasteiger partial charge in [-0.3, -0.25) is 4.79 Å². The number of benzene rings is 1. The zero-order chi connectivity index (χ0) is 19.7.